The molecule has 1 aromatic carbocycles. The normalized spacial score (nSPS) is 9.73. The van der Waals surface area contributed by atoms with Crippen LogP contribution in [0.3, 0.4) is 0 Å². The van der Waals surface area contributed by atoms with Gasteiger partial charge in [-0.2, -0.15) is 0 Å². The first kappa shape index (κ1) is 18.3. The fraction of sp³-hybridized carbons (Fsp3) is 0.250. The van der Waals surface area contributed by atoms with Crippen LogP contribution in [0, 0.1) is 0 Å². The summed E-state index contributed by atoms with van der Waals surface area (Å²) in [5.41, 5.74) is 0.962. The van der Waals surface area contributed by atoms with E-state index in [0.29, 0.717) is 17.3 Å². The third-order valence-corrected chi connectivity index (χ3v) is 3.36. The summed E-state index contributed by atoms with van der Waals surface area (Å²) in [6.45, 7) is 0.574. The molecule has 0 aliphatic rings. The van der Waals surface area contributed by atoms with Crippen LogP contribution in [0.2, 0.25) is 5.02 Å². The predicted octanol–water partition coefficient (Wildman–Crippen LogP) is 3.24. The number of pyridine rings is 1. The van der Waals surface area contributed by atoms with Crippen LogP contribution >= 0.6 is 24.0 Å². The smallest absolute Gasteiger partial charge is 0.260 e. The van der Waals surface area contributed by atoms with Gasteiger partial charge in [0.1, 0.15) is 5.75 Å². The van der Waals surface area contributed by atoms with E-state index in [0.717, 1.165) is 12.1 Å². The molecule has 1 heterocycles. The first-order chi connectivity index (χ1) is 10.2. The number of hydrogen-bond donors (Lipinski definition) is 0. The maximum Gasteiger partial charge on any atom is 0.260 e. The monoisotopic (exact) mass is 340 g/mol. The lowest BCUT2D eigenvalue weighted by Crippen LogP contribution is -2.33. The van der Waals surface area contributed by atoms with Gasteiger partial charge in [-0.15, -0.1) is 12.4 Å². The van der Waals surface area contributed by atoms with Gasteiger partial charge in [0.25, 0.3) is 5.91 Å². The van der Waals surface area contributed by atoms with Crippen LogP contribution in [-0.2, 0) is 11.2 Å². The Morgan fingerprint density at radius 3 is 2.64 bits per heavy atom. The lowest BCUT2D eigenvalue weighted by Gasteiger charge is -2.17. The van der Waals surface area contributed by atoms with Gasteiger partial charge in [0.15, 0.2) is 6.61 Å². The van der Waals surface area contributed by atoms with Crippen molar-refractivity contribution in [3.8, 4) is 5.75 Å². The number of amides is 1. The molecule has 6 heteroatoms. The van der Waals surface area contributed by atoms with E-state index < -0.39 is 0 Å². The minimum absolute atomic E-state index is 0. The number of para-hydroxylation sites is 1. The number of carbonyl (C=O) groups excluding carboxylic acids is 1. The molecule has 4 nitrogen and oxygen atoms in total. The number of likely N-dealkylation sites (N-methyl/N-ethyl adjacent to an activating group) is 1. The van der Waals surface area contributed by atoms with E-state index >= 15 is 0 Å². The predicted molar refractivity (Wildman–Crippen MR) is 89.8 cm³/mol. The number of halogens is 2. The van der Waals surface area contributed by atoms with E-state index in [9.17, 15) is 4.79 Å². The second kappa shape index (κ2) is 9.28. The molecule has 0 unspecified atom stereocenters. The average molecular weight is 341 g/mol. The van der Waals surface area contributed by atoms with Crippen LogP contribution in [-0.4, -0.2) is 36.0 Å². The number of ether oxygens (including phenoxy) is 1. The van der Waals surface area contributed by atoms with Gasteiger partial charge in [0.2, 0.25) is 0 Å². The third kappa shape index (κ3) is 5.54. The van der Waals surface area contributed by atoms with Crippen molar-refractivity contribution >= 4 is 29.9 Å². The summed E-state index contributed by atoms with van der Waals surface area (Å²) in [5, 5.41) is 0.501. The molecular formula is C16H18Cl2N2O2. The maximum atomic E-state index is 12.0. The molecule has 2 rings (SSSR count). The molecule has 0 saturated heterocycles. The Balaban J connectivity index is 0.00000242. The Kier molecular flexibility index (Phi) is 7.71. The topological polar surface area (TPSA) is 42.4 Å². The van der Waals surface area contributed by atoms with Crippen molar-refractivity contribution in [3.63, 3.8) is 0 Å². The Morgan fingerprint density at radius 2 is 1.95 bits per heavy atom. The van der Waals surface area contributed by atoms with E-state index in [2.05, 4.69) is 4.98 Å². The number of carbonyl (C=O) groups is 1. The number of aromatic nitrogens is 1. The minimum atomic E-state index is -0.0918. The van der Waals surface area contributed by atoms with Gasteiger partial charge in [-0.1, -0.05) is 29.8 Å². The molecule has 0 atom stereocenters. The molecular weight excluding hydrogens is 323 g/mol. The maximum absolute atomic E-state index is 12.0. The van der Waals surface area contributed by atoms with Crippen LogP contribution in [0.5, 0.6) is 5.75 Å². The van der Waals surface area contributed by atoms with Crippen LogP contribution in [0.1, 0.15) is 5.69 Å². The SMILES string of the molecule is CN(CCc1ccccn1)C(=O)COc1ccccc1Cl.Cl. The highest BCUT2D eigenvalue weighted by Gasteiger charge is 2.10. The van der Waals surface area contributed by atoms with Crippen LogP contribution in [0.15, 0.2) is 48.7 Å². The molecule has 0 saturated carbocycles. The lowest BCUT2D eigenvalue weighted by molar-refractivity contribution is -0.132. The van der Waals surface area contributed by atoms with Crippen LogP contribution in [0.4, 0.5) is 0 Å². The van der Waals surface area contributed by atoms with Crippen molar-refractivity contribution in [2.24, 2.45) is 0 Å². The molecule has 0 bridgehead atoms. The zero-order chi connectivity index (χ0) is 15.1. The molecule has 0 aliphatic carbocycles. The van der Waals surface area contributed by atoms with E-state index in [4.69, 9.17) is 16.3 Å². The fourth-order valence-electron chi connectivity index (χ4n) is 1.76. The zero-order valence-corrected chi connectivity index (χ0v) is 13.8. The van der Waals surface area contributed by atoms with Crippen molar-refractivity contribution < 1.29 is 9.53 Å². The van der Waals surface area contributed by atoms with Gasteiger partial charge in [0.05, 0.1) is 5.02 Å². The standard InChI is InChI=1S/C16H17ClN2O2.ClH/c1-19(11-9-13-6-4-5-10-18-13)16(20)12-21-15-8-3-2-7-14(15)17;/h2-8,10H,9,11-12H2,1H3;1H. The van der Waals surface area contributed by atoms with Crippen molar-refractivity contribution in [2.75, 3.05) is 20.2 Å². The highest BCUT2D eigenvalue weighted by atomic mass is 35.5. The van der Waals surface area contributed by atoms with Crippen molar-refractivity contribution in [1.82, 2.24) is 9.88 Å². The number of hydrogen-bond acceptors (Lipinski definition) is 3. The van der Waals surface area contributed by atoms with Crippen molar-refractivity contribution in [1.29, 1.82) is 0 Å². The molecule has 118 valence electrons. The molecule has 1 aromatic heterocycles. The molecule has 1 amide bonds. The highest BCUT2D eigenvalue weighted by molar-refractivity contribution is 6.32. The Labute approximate surface area is 141 Å². The minimum Gasteiger partial charge on any atom is -0.482 e. The van der Waals surface area contributed by atoms with Gasteiger partial charge in [-0.25, -0.2) is 0 Å². The van der Waals surface area contributed by atoms with Crippen molar-refractivity contribution in [3.05, 3.63) is 59.4 Å². The second-order valence-corrected chi connectivity index (χ2v) is 5.01. The molecule has 0 radical (unpaired) electrons. The van der Waals surface area contributed by atoms with E-state index in [1.54, 1.807) is 30.3 Å². The van der Waals surface area contributed by atoms with Gasteiger partial charge in [0, 0.05) is 31.9 Å². The van der Waals surface area contributed by atoms with Gasteiger partial charge in [-0.05, 0) is 24.3 Å². The summed E-state index contributed by atoms with van der Waals surface area (Å²) >= 11 is 5.97. The summed E-state index contributed by atoms with van der Waals surface area (Å²) in [7, 11) is 1.75. The summed E-state index contributed by atoms with van der Waals surface area (Å²) in [4.78, 5) is 17.8. The number of benzene rings is 1. The van der Waals surface area contributed by atoms with E-state index in [-0.39, 0.29) is 24.9 Å². The third-order valence-electron chi connectivity index (χ3n) is 3.04. The average Bonchev–Trinajstić information content (AvgIpc) is 2.52. The first-order valence-electron chi connectivity index (χ1n) is 6.68. The van der Waals surface area contributed by atoms with Crippen LogP contribution in [0.25, 0.3) is 0 Å². The molecule has 0 spiro atoms. The Bertz CT molecular complexity index is 594. The lowest BCUT2D eigenvalue weighted by atomic mass is 10.2. The summed E-state index contributed by atoms with van der Waals surface area (Å²) in [6.07, 6.45) is 2.47. The van der Waals surface area contributed by atoms with Gasteiger partial charge in [-0.3, -0.25) is 9.78 Å². The van der Waals surface area contributed by atoms with Crippen LogP contribution < -0.4 is 4.74 Å². The quantitative estimate of drug-likeness (QED) is 0.810. The molecule has 0 N–H and O–H groups in total. The fourth-order valence-corrected chi connectivity index (χ4v) is 1.95. The van der Waals surface area contributed by atoms with Gasteiger partial charge >= 0.3 is 0 Å². The van der Waals surface area contributed by atoms with Gasteiger partial charge < -0.3 is 9.64 Å². The number of rotatable bonds is 6. The van der Waals surface area contributed by atoms with Crippen molar-refractivity contribution in [2.45, 2.75) is 6.42 Å². The van der Waals surface area contributed by atoms with E-state index in [1.165, 1.54) is 0 Å². The first-order valence-corrected chi connectivity index (χ1v) is 7.06. The second-order valence-electron chi connectivity index (χ2n) is 4.61. The molecule has 2 aromatic rings. The molecule has 22 heavy (non-hydrogen) atoms. The summed E-state index contributed by atoms with van der Waals surface area (Å²) in [5.74, 6) is 0.427. The Hall–Kier alpha value is -1.78. The largest absolute Gasteiger partial charge is 0.482 e. The molecule has 0 fully saturated rings. The number of nitrogens with zero attached hydrogens (tertiary/aromatic N) is 2. The highest BCUT2D eigenvalue weighted by Crippen LogP contribution is 2.22. The summed E-state index contributed by atoms with van der Waals surface area (Å²) < 4.78 is 5.43. The Morgan fingerprint density at radius 1 is 1.23 bits per heavy atom. The zero-order valence-electron chi connectivity index (χ0n) is 12.2. The van der Waals surface area contributed by atoms with E-state index in [1.807, 2.05) is 30.3 Å². The summed E-state index contributed by atoms with van der Waals surface area (Å²) in [6, 6.07) is 12.8. The molecule has 0 aliphatic heterocycles.